The Bertz CT molecular complexity index is 394. The molecule has 0 saturated heterocycles. The fourth-order valence-electron chi connectivity index (χ4n) is 0.994. The second kappa shape index (κ2) is 2.33. The summed E-state index contributed by atoms with van der Waals surface area (Å²) in [5.74, 6) is 0.560. The Morgan fingerprint density at radius 1 is 1.64 bits per heavy atom. The number of rotatable bonds is 0. The summed E-state index contributed by atoms with van der Waals surface area (Å²) in [5.41, 5.74) is 6.56. The van der Waals surface area contributed by atoms with Gasteiger partial charge in [0.2, 0.25) is 17.8 Å². The van der Waals surface area contributed by atoms with Gasteiger partial charge in [-0.25, -0.2) is 4.98 Å². The van der Waals surface area contributed by atoms with Gasteiger partial charge in [-0.05, 0) is 22.6 Å². The molecule has 0 fully saturated rings. The number of nitrogen functional groups attached to an aromatic ring is 1. The van der Waals surface area contributed by atoms with E-state index in [1.54, 1.807) is 6.33 Å². The van der Waals surface area contributed by atoms with Crippen LogP contribution in [0.3, 0.4) is 0 Å². The number of hydrogen-bond donors (Lipinski definition) is 2. The first kappa shape index (κ1) is 6.84. The molecule has 0 unspecified atom stereocenters. The Labute approximate surface area is 76.4 Å². The van der Waals surface area contributed by atoms with Gasteiger partial charge < -0.3 is 5.73 Å². The normalized spacial score (nSPS) is 10.6. The monoisotopic (exact) mass is 261 g/mol. The lowest BCUT2D eigenvalue weighted by atomic mass is 10.4. The van der Waals surface area contributed by atoms with Gasteiger partial charge in [-0.3, -0.25) is 4.98 Å². The number of nitrogens with two attached hydrogens (primary N) is 1. The van der Waals surface area contributed by atoms with Crippen molar-refractivity contribution in [3.8, 4) is 0 Å². The molecular weight excluding hydrogens is 255 g/mol. The van der Waals surface area contributed by atoms with Crippen molar-refractivity contribution in [1.29, 1.82) is 0 Å². The lowest BCUT2D eigenvalue weighted by Crippen LogP contribution is -2.06. The topological polar surface area (TPSA) is 68.8 Å². The van der Waals surface area contributed by atoms with Crippen molar-refractivity contribution < 1.29 is 4.98 Å². The quantitative estimate of drug-likeness (QED) is 0.680. The number of aromatic amines is 2. The summed E-state index contributed by atoms with van der Waals surface area (Å²) in [5, 5.41) is 0.966. The predicted octanol–water partition coefficient (Wildman–Crippen LogP) is 0.564. The van der Waals surface area contributed by atoms with Gasteiger partial charge in [0.1, 0.15) is 5.39 Å². The van der Waals surface area contributed by atoms with Crippen molar-refractivity contribution in [1.82, 2.24) is 9.97 Å². The van der Waals surface area contributed by atoms with E-state index in [0.29, 0.717) is 5.82 Å². The average molecular weight is 261 g/mol. The third-order valence-corrected chi connectivity index (χ3v) is 2.35. The highest BCUT2D eigenvalue weighted by molar-refractivity contribution is 14.1. The zero-order valence-corrected chi connectivity index (χ0v) is 7.71. The maximum absolute atomic E-state index is 5.65. The second-order valence-corrected chi connectivity index (χ2v) is 3.34. The summed E-state index contributed by atoms with van der Waals surface area (Å²) in [6, 6.07) is 0. The van der Waals surface area contributed by atoms with Crippen LogP contribution in [0.1, 0.15) is 0 Å². The summed E-state index contributed by atoms with van der Waals surface area (Å²) >= 11 is 2.21. The lowest BCUT2D eigenvalue weighted by molar-refractivity contribution is -0.352. The van der Waals surface area contributed by atoms with Crippen molar-refractivity contribution >= 4 is 39.4 Å². The van der Waals surface area contributed by atoms with E-state index < -0.39 is 0 Å². The molecule has 0 aliphatic carbocycles. The van der Waals surface area contributed by atoms with Gasteiger partial charge >= 0.3 is 0 Å². The van der Waals surface area contributed by atoms with Crippen LogP contribution in [0.15, 0.2) is 12.5 Å². The molecule has 2 aromatic rings. The van der Waals surface area contributed by atoms with E-state index in [1.807, 2.05) is 6.20 Å². The SMILES string of the molecule is Nc1nc[nH+]c2[nH]cc(I)c12. The fourth-order valence-corrected chi connectivity index (χ4v) is 1.70. The van der Waals surface area contributed by atoms with Crippen molar-refractivity contribution in [2.45, 2.75) is 0 Å². The zero-order chi connectivity index (χ0) is 7.84. The van der Waals surface area contributed by atoms with E-state index in [2.05, 4.69) is 37.5 Å². The largest absolute Gasteiger partial charge is 0.369 e. The lowest BCUT2D eigenvalue weighted by Gasteiger charge is -1.86. The van der Waals surface area contributed by atoms with Crippen LogP contribution >= 0.6 is 22.6 Å². The Hall–Kier alpha value is -0.850. The molecule has 0 atom stereocenters. The third-order valence-electron chi connectivity index (χ3n) is 1.50. The van der Waals surface area contributed by atoms with Gasteiger partial charge in [0.15, 0.2) is 0 Å². The highest BCUT2D eigenvalue weighted by Gasteiger charge is 2.10. The number of fused-ring (bicyclic) bond motifs is 1. The van der Waals surface area contributed by atoms with Gasteiger partial charge in [-0.2, -0.15) is 0 Å². The molecular formula is C6H6IN4+. The number of aromatic nitrogens is 3. The number of halogens is 1. The van der Waals surface area contributed by atoms with Crippen LogP contribution in [0.5, 0.6) is 0 Å². The smallest absolute Gasteiger partial charge is 0.237 e. The minimum Gasteiger partial charge on any atom is -0.369 e. The van der Waals surface area contributed by atoms with Crippen LogP contribution in [-0.4, -0.2) is 9.97 Å². The van der Waals surface area contributed by atoms with Gasteiger partial charge in [0.25, 0.3) is 0 Å². The Morgan fingerprint density at radius 3 is 3.18 bits per heavy atom. The molecule has 0 aliphatic rings. The van der Waals surface area contributed by atoms with Crippen molar-refractivity contribution in [2.24, 2.45) is 0 Å². The molecule has 4 nitrogen and oxygen atoms in total. The first-order valence-electron chi connectivity index (χ1n) is 3.08. The van der Waals surface area contributed by atoms with Crippen LogP contribution in [0, 0.1) is 3.57 Å². The maximum Gasteiger partial charge on any atom is 0.237 e. The van der Waals surface area contributed by atoms with E-state index in [0.717, 1.165) is 14.6 Å². The first-order chi connectivity index (χ1) is 5.29. The minimum absolute atomic E-state index is 0.560. The van der Waals surface area contributed by atoms with E-state index in [-0.39, 0.29) is 0 Å². The van der Waals surface area contributed by atoms with Crippen molar-refractivity contribution in [3.63, 3.8) is 0 Å². The molecule has 11 heavy (non-hydrogen) atoms. The summed E-state index contributed by atoms with van der Waals surface area (Å²) in [6.45, 7) is 0. The molecule has 0 bridgehead atoms. The number of hydrogen-bond acceptors (Lipinski definition) is 2. The number of anilines is 1. The summed E-state index contributed by atoms with van der Waals surface area (Å²) < 4.78 is 1.08. The predicted molar refractivity (Wildman–Crippen MR) is 49.8 cm³/mol. The molecule has 2 heterocycles. The third kappa shape index (κ3) is 0.953. The molecule has 0 saturated carbocycles. The molecule has 4 N–H and O–H groups in total. The van der Waals surface area contributed by atoms with Crippen LogP contribution < -0.4 is 10.7 Å². The molecule has 0 spiro atoms. The van der Waals surface area contributed by atoms with Gasteiger partial charge in [0, 0.05) is 0 Å². The Morgan fingerprint density at radius 2 is 2.45 bits per heavy atom. The number of H-pyrrole nitrogens is 2. The first-order valence-corrected chi connectivity index (χ1v) is 4.15. The Kier molecular flexibility index (Phi) is 1.45. The molecule has 2 rings (SSSR count). The van der Waals surface area contributed by atoms with Crippen LogP contribution in [0.2, 0.25) is 0 Å². The van der Waals surface area contributed by atoms with Crippen LogP contribution in [0.25, 0.3) is 11.0 Å². The van der Waals surface area contributed by atoms with Crippen molar-refractivity contribution in [2.75, 3.05) is 5.73 Å². The number of nitrogens with one attached hydrogen (secondary N) is 2. The fraction of sp³-hybridized carbons (Fsp3) is 0. The molecule has 0 aromatic carbocycles. The van der Waals surface area contributed by atoms with Gasteiger partial charge in [-0.1, -0.05) is 4.98 Å². The van der Waals surface area contributed by atoms with Gasteiger partial charge in [0.05, 0.1) is 9.77 Å². The van der Waals surface area contributed by atoms with E-state index in [1.165, 1.54) is 0 Å². The average Bonchev–Trinajstić information content (AvgIpc) is 2.34. The standard InChI is InChI=1S/C6H5IN4/c7-3-1-9-6-4(3)5(8)10-2-11-6/h1-2H,(H3,8,9,10,11)/p+1. The molecule has 0 radical (unpaired) electrons. The summed E-state index contributed by atoms with van der Waals surface area (Å²) in [7, 11) is 0. The number of nitrogens with zero attached hydrogens (tertiary/aromatic N) is 1. The highest BCUT2D eigenvalue weighted by Crippen LogP contribution is 2.19. The highest BCUT2D eigenvalue weighted by atomic mass is 127. The van der Waals surface area contributed by atoms with E-state index in [4.69, 9.17) is 5.73 Å². The van der Waals surface area contributed by atoms with E-state index in [9.17, 15) is 0 Å². The molecule has 2 aromatic heterocycles. The van der Waals surface area contributed by atoms with Crippen LogP contribution in [0.4, 0.5) is 5.82 Å². The zero-order valence-electron chi connectivity index (χ0n) is 5.56. The maximum atomic E-state index is 5.65. The molecule has 5 heteroatoms. The van der Waals surface area contributed by atoms with E-state index >= 15 is 0 Å². The second-order valence-electron chi connectivity index (χ2n) is 2.17. The Balaban J connectivity index is 2.96. The summed E-state index contributed by atoms with van der Waals surface area (Å²) in [6.07, 6.45) is 3.46. The molecule has 0 amide bonds. The van der Waals surface area contributed by atoms with Crippen molar-refractivity contribution in [3.05, 3.63) is 16.1 Å². The van der Waals surface area contributed by atoms with Gasteiger partial charge in [-0.15, -0.1) is 0 Å². The minimum atomic E-state index is 0.560. The molecule has 56 valence electrons. The summed E-state index contributed by atoms with van der Waals surface area (Å²) in [4.78, 5) is 9.94. The van der Waals surface area contributed by atoms with Crippen LogP contribution in [-0.2, 0) is 0 Å². The molecule has 0 aliphatic heterocycles.